The molecule has 0 N–H and O–H groups in total. The molecular formula is C12H11Br. The molecule has 0 saturated carbocycles. The molecule has 1 atom stereocenters. The standard InChI is InChI=1S/C12H11Br/c13-12-8-6-11(7-9-12)10-4-2-1-3-5-10/h1-8,12H,9H2. The van der Waals surface area contributed by atoms with Gasteiger partial charge < -0.3 is 0 Å². The van der Waals surface area contributed by atoms with Gasteiger partial charge in [-0.2, -0.15) is 0 Å². The van der Waals surface area contributed by atoms with Crippen molar-refractivity contribution in [1.82, 2.24) is 0 Å². The Labute approximate surface area is 87.1 Å². The Kier molecular flexibility index (Phi) is 2.65. The van der Waals surface area contributed by atoms with Crippen LogP contribution in [-0.2, 0) is 0 Å². The molecule has 0 heterocycles. The van der Waals surface area contributed by atoms with Crippen LogP contribution in [0.3, 0.4) is 0 Å². The summed E-state index contributed by atoms with van der Waals surface area (Å²) in [6.07, 6.45) is 7.73. The van der Waals surface area contributed by atoms with E-state index < -0.39 is 0 Å². The first-order valence-corrected chi connectivity index (χ1v) is 5.36. The molecular weight excluding hydrogens is 224 g/mol. The largest absolute Gasteiger partial charge is 0.0842 e. The first-order chi connectivity index (χ1) is 6.36. The molecule has 1 unspecified atom stereocenters. The Hall–Kier alpha value is -0.820. The van der Waals surface area contributed by atoms with Crippen LogP contribution >= 0.6 is 15.9 Å². The van der Waals surface area contributed by atoms with Crippen molar-refractivity contribution in [2.45, 2.75) is 11.2 Å². The van der Waals surface area contributed by atoms with Crippen molar-refractivity contribution in [3.63, 3.8) is 0 Å². The van der Waals surface area contributed by atoms with Crippen molar-refractivity contribution in [1.29, 1.82) is 0 Å². The number of benzene rings is 1. The number of hydrogen-bond acceptors (Lipinski definition) is 0. The molecule has 0 aliphatic heterocycles. The predicted octanol–water partition coefficient (Wildman–Crippen LogP) is 3.79. The fourth-order valence-corrected chi connectivity index (χ4v) is 1.78. The van der Waals surface area contributed by atoms with Crippen molar-refractivity contribution >= 4 is 21.5 Å². The lowest BCUT2D eigenvalue weighted by Gasteiger charge is -2.10. The van der Waals surface area contributed by atoms with Gasteiger partial charge >= 0.3 is 0 Å². The molecule has 0 bridgehead atoms. The lowest BCUT2D eigenvalue weighted by molar-refractivity contribution is 1.08. The average molecular weight is 235 g/mol. The summed E-state index contributed by atoms with van der Waals surface area (Å²) in [6, 6.07) is 10.5. The first kappa shape index (κ1) is 8.76. The fraction of sp³-hybridized carbons (Fsp3) is 0.167. The molecule has 0 nitrogen and oxygen atoms in total. The van der Waals surface area contributed by atoms with Crippen LogP contribution in [0.1, 0.15) is 12.0 Å². The van der Waals surface area contributed by atoms with E-state index in [9.17, 15) is 0 Å². The van der Waals surface area contributed by atoms with E-state index >= 15 is 0 Å². The minimum atomic E-state index is 0.514. The van der Waals surface area contributed by atoms with Crippen LogP contribution in [0.15, 0.2) is 48.6 Å². The number of halogens is 1. The molecule has 0 aromatic heterocycles. The van der Waals surface area contributed by atoms with Gasteiger partial charge in [-0.1, -0.05) is 64.5 Å². The summed E-state index contributed by atoms with van der Waals surface area (Å²) >= 11 is 3.56. The highest BCUT2D eigenvalue weighted by atomic mass is 79.9. The second kappa shape index (κ2) is 3.93. The Morgan fingerprint density at radius 2 is 1.92 bits per heavy atom. The number of alkyl halides is 1. The van der Waals surface area contributed by atoms with Crippen LogP contribution in [0.2, 0.25) is 0 Å². The number of hydrogen-bond donors (Lipinski definition) is 0. The first-order valence-electron chi connectivity index (χ1n) is 4.44. The molecule has 0 radical (unpaired) electrons. The van der Waals surface area contributed by atoms with Gasteiger partial charge in [0.15, 0.2) is 0 Å². The maximum absolute atomic E-state index is 3.56. The quantitative estimate of drug-likeness (QED) is 0.649. The summed E-state index contributed by atoms with van der Waals surface area (Å²) in [5.74, 6) is 0. The lowest BCUT2D eigenvalue weighted by atomic mass is 10.00. The minimum absolute atomic E-state index is 0.514. The smallest absolute Gasteiger partial charge is 0.0363 e. The van der Waals surface area contributed by atoms with E-state index in [4.69, 9.17) is 0 Å². The molecule has 0 amide bonds. The van der Waals surface area contributed by atoms with Crippen molar-refractivity contribution in [3.8, 4) is 0 Å². The monoisotopic (exact) mass is 234 g/mol. The van der Waals surface area contributed by atoms with Gasteiger partial charge in [-0.3, -0.25) is 0 Å². The minimum Gasteiger partial charge on any atom is -0.0842 e. The van der Waals surface area contributed by atoms with Gasteiger partial charge in [0.1, 0.15) is 0 Å². The second-order valence-electron chi connectivity index (χ2n) is 3.14. The highest BCUT2D eigenvalue weighted by Crippen LogP contribution is 2.23. The maximum atomic E-state index is 3.56. The van der Waals surface area contributed by atoms with E-state index in [1.165, 1.54) is 11.1 Å². The van der Waals surface area contributed by atoms with Crippen LogP contribution < -0.4 is 0 Å². The van der Waals surface area contributed by atoms with Crippen molar-refractivity contribution in [2.24, 2.45) is 0 Å². The predicted molar refractivity (Wildman–Crippen MR) is 60.9 cm³/mol. The molecule has 1 aromatic rings. The lowest BCUT2D eigenvalue weighted by Crippen LogP contribution is -1.95. The van der Waals surface area contributed by atoms with Crippen LogP contribution in [0.4, 0.5) is 0 Å². The summed E-state index contributed by atoms with van der Waals surface area (Å²) in [4.78, 5) is 0.514. The van der Waals surface area contributed by atoms with Gasteiger partial charge in [0.2, 0.25) is 0 Å². The highest BCUT2D eigenvalue weighted by molar-refractivity contribution is 9.09. The van der Waals surface area contributed by atoms with E-state index in [1.807, 2.05) is 6.07 Å². The van der Waals surface area contributed by atoms with Crippen LogP contribution in [0, 0.1) is 0 Å². The Morgan fingerprint density at radius 1 is 1.15 bits per heavy atom. The Bertz CT molecular complexity index is 335. The summed E-state index contributed by atoms with van der Waals surface area (Å²) in [5, 5.41) is 0. The third-order valence-electron chi connectivity index (χ3n) is 2.15. The molecule has 0 spiro atoms. The molecule has 1 aromatic carbocycles. The zero-order valence-corrected chi connectivity index (χ0v) is 8.87. The summed E-state index contributed by atoms with van der Waals surface area (Å²) < 4.78 is 0. The third kappa shape index (κ3) is 2.10. The van der Waals surface area contributed by atoms with Gasteiger partial charge in [0, 0.05) is 4.83 Å². The van der Waals surface area contributed by atoms with E-state index in [-0.39, 0.29) is 0 Å². The fourth-order valence-electron chi connectivity index (χ4n) is 1.44. The van der Waals surface area contributed by atoms with Gasteiger partial charge in [0.25, 0.3) is 0 Å². The number of rotatable bonds is 1. The number of allylic oxidation sites excluding steroid dienone is 4. The van der Waals surface area contributed by atoms with Crippen molar-refractivity contribution in [3.05, 3.63) is 54.1 Å². The van der Waals surface area contributed by atoms with Gasteiger partial charge in [-0.15, -0.1) is 0 Å². The molecule has 66 valence electrons. The summed E-state index contributed by atoms with van der Waals surface area (Å²) in [7, 11) is 0. The van der Waals surface area contributed by atoms with Gasteiger partial charge in [0.05, 0.1) is 0 Å². The Morgan fingerprint density at radius 3 is 2.54 bits per heavy atom. The molecule has 0 saturated heterocycles. The van der Waals surface area contributed by atoms with Crippen LogP contribution in [0.5, 0.6) is 0 Å². The summed E-state index contributed by atoms with van der Waals surface area (Å²) in [5.41, 5.74) is 2.63. The second-order valence-corrected chi connectivity index (χ2v) is 4.31. The molecule has 1 heteroatoms. The molecule has 0 fully saturated rings. The normalized spacial score (nSPS) is 21.3. The van der Waals surface area contributed by atoms with Gasteiger partial charge in [-0.05, 0) is 17.6 Å². The van der Waals surface area contributed by atoms with Gasteiger partial charge in [-0.25, -0.2) is 0 Å². The van der Waals surface area contributed by atoms with Crippen LogP contribution in [-0.4, -0.2) is 4.83 Å². The van der Waals surface area contributed by atoms with E-state index in [2.05, 4.69) is 58.4 Å². The SMILES string of the molecule is BrC1C=CC(c2ccccc2)=CC1. The molecule has 2 rings (SSSR count). The van der Waals surface area contributed by atoms with E-state index in [1.54, 1.807) is 0 Å². The molecule has 1 aliphatic carbocycles. The Balaban J connectivity index is 2.25. The van der Waals surface area contributed by atoms with Crippen LogP contribution in [0.25, 0.3) is 5.57 Å². The third-order valence-corrected chi connectivity index (χ3v) is 2.83. The molecule has 1 aliphatic rings. The zero-order chi connectivity index (χ0) is 9.10. The highest BCUT2D eigenvalue weighted by Gasteiger charge is 2.05. The zero-order valence-electron chi connectivity index (χ0n) is 7.28. The average Bonchev–Trinajstić information content (AvgIpc) is 2.20. The van der Waals surface area contributed by atoms with E-state index in [0.717, 1.165) is 6.42 Å². The van der Waals surface area contributed by atoms with Crippen molar-refractivity contribution in [2.75, 3.05) is 0 Å². The van der Waals surface area contributed by atoms with Crippen molar-refractivity contribution < 1.29 is 0 Å². The van der Waals surface area contributed by atoms with E-state index in [0.29, 0.717) is 4.83 Å². The maximum Gasteiger partial charge on any atom is 0.0363 e. The molecule has 13 heavy (non-hydrogen) atoms. The summed E-state index contributed by atoms with van der Waals surface area (Å²) in [6.45, 7) is 0. The topological polar surface area (TPSA) is 0 Å².